The third kappa shape index (κ3) is 2.94. The molecule has 6 heteroatoms. The van der Waals surface area contributed by atoms with Crippen LogP contribution in [0.4, 0.5) is 0 Å². The van der Waals surface area contributed by atoms with E-state index in [2.05, 4.69) is 0 Å². The average Bonchev–Trinajstić information content (AvgIpc) is 2.68. The molecule has 0 bridgehead atoms. The summed E-state index contributed by atoms with van der Waals surface area (Å²) in [6.07, 6.45) is 1.66. The van der Waals surface area contributed by atoms with E-state index in [0.29, 0.717) is 39.7 Å². The number of ether oxygens (including phenoxy) is 5. The van der Waals surface area contributed by atoms with Crippen LogP contribution in [0.15, 0.2) is 36.1 Å². The van der Waals surface area contributed by atoms with E-state index in [0.717, 1.165) is 0 Å². The maximum Gasteiger partial charge on any atom is 0.228 e. The van der Waals surface area contributed by atoms with Crippen molar-refractivity contribution in [3.63, 3.8) is 0 Å². The van der Waals surface area contributed by atoms with Crippen molar-refractivity contribution < 1.29 is 28.5 Å². The van der Waals surface area contributed by atoms with Crippen LogP contribution in [-0.2, 0) is 11.3 Å². The summed E-state index contributed by atoms with van der Waals surface area (Å²) in [5.74, 6) is 2.20. The number of methoxy groups -OCH3 is 4. The van der Waals surface area contributed by atoms with Crippen LogP contribution in [0.1, 0.15) is 21.5 Å². The van der Waals surface area contributed by atoms with Crippen molar-refractivity contribution in [3.05, 3.63) is 52.8 Å². The number of carbonyl (C=O) groups excluding carboxylic acids is 1. The lowest BCUT2D eigenvalue weighted by molar-refractivity contribution is 0.0866. The van der Waals surface area contributed by atoms with Gasteiger partial charge >= 0.3 is 0 Å². The van der Waals surface area contributed by atoms with E-state index < -0.39 is 0 Å². The van der Waals surface area contributed by atoms with Gasteiger partial charge in [-0.15, -0.1) is 0 Å². The SMILES string of the molecule is COc1cccc(/C=C2\OCc3c(ccc(OC)c3OC)C2=O)c1OC. The minimum absolute atomic E-state index is 0.208. The van der Waals surface area contributed by atoms with Gasteiger partial charge in [-0.3, -0.25) is 4.79 Å². The lowest BCUT2D eigenvalue weighted by atomic mass is 9.97. The Hall–Kier alpha value is -3.15. The van der Waals surface area contributed by atoms with Gasteiger partial charge in [0.15, 0.2) is 28.8 Å². The molecule has 6 nitrogen and oxygen atoms in total. The maximum atomic E-state index is 12.9. The molecule has 136 valence electrons. The minimum atomic E-state index is -0.225. The third-order valence-corrected chi connectivity index (χ3v) is 4.21. The van der Waals surface area contributed by atoms with Gasteiger partial charge in [0.2, 0.25) is 5.78 Å². The molecule has 1 heterocycles. The Bertz CT molecular complexity index is 869. The topological polar surface area (TPSA) is 63.2 Å². The molecule has 2 aromatic rings. The zero-order valence-electron chi connectivity index (χ0n) is 15.1. The Kier molecular flexibility index (Phi) is 5.02. The molecular formula is C20H20O6. The number of benzene rings is 2. The summed E-state index contributed by atoms with van der Waals surface area (Å²) in [6, 6.07) is 8.87. The molecule has 26 heavy (non-hydrogen) atoms. The number of hydrogen-bond acceptors (Lipinski definition) is 6. The number of hydrogen-bond donors (Lipinski definition) is 0. The monoisotopic (exact) mass is 356 g/mol. The predicted octanol–water partition coefficient (Wildman–Crippen LogP) is 3.48. The summed E-state index contributed by atoms with van der Waals surface area (Å²) in [6.45, 7) is 0.208. The normalized spacial score (nSPS) is 14.5. The van der Waals surface area contributed by atoms with Crippen LogP contribution in [0, 0.1) is 0 Å². The molecule has 1 aliphatic heterocycles. The number of ketones is 1. The zero-order valence-corrected chi connectivity index (χ0v) is 15.1. The molecule has 0 aliphatic carbocycles. The number of rotatable bonds is 5. The number of Topliss-reactive ketones (excluding diaryl/α,β-unsaturated/α-hetero) is 1. The smallest absolute Gasteiger partial charge is 0.228 e. The number of carbonyl (C=O) groups is 1. The van der Waals surface area contributed by atoms with Crippen LogP contribution in [0.2, 0.25) is 0 Å². The van der Waals surface area contributed by atoms with E-state index in [4.69, 9.17) is 23.7 Å². The van der Waals surface area contributed by atoms with E-state index in [1.165, 1.54) is 7.11 Å². The second-order valence-electron chi connectivity index (χ2n) is 5.54. The van der Waals surface area contributed by atoms with Gasteiger partial charge in [0.25, 0.3) is 0 Å². The van der Waals surface area contributed by atoms with E-state index in [1.54, 1.807) is 45.6 Å². The van der Waals surface area contributed by atoms with Crippen LogP contribution < -0.4 is 18.9 Å². The highest BCUT2D eigenvalue weighted by Gasteiger charge is 2.28. The summed E-state index contributed by atoms with van der Waals surface area (Å²) in [4.78, 5) is 12.9. The zero-order chi connectivity index (χ0) is 18.7. The van der Waals surface area contributed by atoms with Gasteiger partial charge in [0.1, 0.15) is 6.61 Å². The Labute approximate surface area is 151 Å². The second kappa shape index (κ2) is 7.39. The highest BCUT2D eigenvalue weighted by molar-refractivity contribution is 6.12. The van der Waals surface area contributed by atoms with Gasteiger partial charge in [-0.2, -0.15) is 0 Å². The second-order valence-corrected chi connectivity index (χ2v) is 5.54. The van der Waals surface area contributed by atoms with Crippen molar-refractivity contribution in [3.8, 4) is 23.0 Å². The van der Waals surface area contributed by atoms with Crippen LogP contribution in [0.25, 0.3) is 6.08 Å². The largest absolute Gasteiger partial charge is 0.493 e. The molecule has 3 rings (SSSR count). The fourth-order valence-corrected chi connectivity index (χ4v) is 2.97. The van der Waals surface area contributed by atoms with Crippen LogP contribution >= 0.6 is 0 Å². The van der Waals surface area contributed by atoms with Crippen molar-refractivity contribution >= 4 is 11.9 Å². The van der Waals surface area contributed by atoms with E-state index in [1.807, 2.05) is 12.1 Å². The number of allylic oxidation sites excluding steroid dienone is 1. The molecule has 0 N–H and O–H groups in total. The predicted molar refractivity (Wildman–Crippen MR) is 96.2 cm³/mol. The van der Waals surface area contributed by atoms with Crippen molar-refractivity contribution in [2.24, 2.45) is 0 Å². The molecule has 0 saturated carbocycles. The first kappa shape index (κ1) is 17.7. The number of para-hydroxylation sites is 1. The minimum Gasteiger partial charge on any atom is -0.493 e. The van der Waals surface area contributed by atoms with Crippen LogP contribution in [0.3, 0.4) is 0 Å². The average molecular weight is 356 g/mol. The summed E-state index contributed by atoms with van der Waals surface area (Å²) < 4.78 is 27.1. The molecule has 0 spiro atoms. The molecule has 0 unspecified atom stereocenters. The standard InChI is InChI=1S/C20H20O6/c1-22-15-7-5-6-12(19(15)24-3)10-17-18(21)13-8-9-16(23-2)20(25-4)14(13)11-26-17/h5-10H,11H2,1-4H3/b17-10-. The van der Waals surface area contributed by atoms with Crippen molar-refractivity contribution in [2.75, 3.05) is 28.4 Å². The van der Waals surface area contributed by atoms with Gasteiger partial charge < -0.3 is 23.7 Å². The number of fused-ring (bicyclic) bond motifs is 1. The lowest BCUT2D eigenvalue weighted by Crippen LogP contribution is -2.17. The van der Waals surface area contributed by atoms with Crippen molar-refractivity contribution in [2.45, 2.75) is 6.61 Å². The Balaban J connectivity index is 2.04. The Morgan fingerprint density at radius 2 is 1.58 bits per heavy atom. The van der Waals surface area contributed by atoms with E-state index in [9.17, 15) is 4.79 Å². The van der Waals surface area contributed by atoms with Crippen molar-refractivity contribution in [1.82, 2.24) is 0 Å². The van der Waals surface area contributed by atoms with Gasteiger partial charge in [-0.25, -0.2) is 0 Å². The molecule has 0 atom stereocenters. The molecule has 2 aromatic carbocycles. The summed E-state index contributed by atoms with van der Waals surface area (Å²) in [5.41, 5.74) is 1.90. The van der Waals surface area contributed by atoms with Gasteiger partial charge in [0, 0.05) is 16.7 Å². The Morgan fingerprint density at radius 3 is 2.23 bits per heavy atom. The molecule has 1 aliphatic rings. The maximum absolute atomic E-state index is 12.9. The lowest BCUT2D eigenvalue weighted by Gasteiger charge is -2.22. The highest BCUT2D eigenvalue weighted by Crippen LogP contribution is 2.39. The van der Waals surface area contributed by atoms with Crippen LogP contribution in [-0.4, -0.2) is 34.2 Å². The summed E-state index contributed by atoms with van der Waals surface area (Å²) in [5, 5.41) is 0. The first-order valence-corrected chi connectivity index (χ1v) is 7.98. The molecule has 0 amide bonds. The van der Waals surface area contributed by atoms with E-state index >= 15 is 0 Å². The van der Waals surface area contributed by atoms with Gasteiger partial charge in [-0.05, 0) is 24.3 Å². The molecule has 0 saturated heterocycles. The van der Waals surface area contributed by atoms with Gasteiger partial charge in [0.05, 0.1) is 28.4 Å². The summed E-state index contributed by atoms with van der Waals surface area (Å²) in [7, 11) is 6.20. The quantitative estimate of drug-likeness (QED) is 0.765. The first-order valence-electron chi connectivity index (χ1n) is 7.98. The molecular weight excluding hydrogens is 336 g/mol. The summed E-state index contributed by atoms with van der Waals surface area (Å²) >= 11 is 0. The van der Waals surface area contributed by atoms with Gasteiger partial charge in [-0.1, -0.05) is 12.1 Å². The van der Waals surface area contributed by atoms with Crippen molar-refractivity contribution in [1.29, 1.82) is 0 Å². The first-order chi connectivity index (χ1) is 12.6. The van der Waals surface area contributed by atoms with E-state index in [-0.39, 0.29) is 18.1 Å². The fourth-order valence-electron chi connectivity index (χ4n) is 2.97. The Morgan fingerprint density at radius 1 is 0.885 bits per heavy atom. The fraction of sp³-hybridized carbons (Fsp3) is 0.250. The highest BCUT2D eigenvalue weighted by atomic mass is 16.5. The van der Waals surface area contributed by atoms with Crippen LogP contribution in [0.5, 0.6) is 23.0 Å². The molecule has 0 fully saturated rings. The third-order valence-electron chi connectivity index (χ3n) is 4.21. The molecule has 0 aromatic heterocycles. The molecule has 0 radical (unpaired) electrons.